The quantitative estimate of drug-likeness (QED) is 0.427. The Labute approximate surface area is 200 Å². The molecule has 2 aromatic heterocycles. The first-order valence-electron chi connectivity index (χ1n) is 11.7. The summed E-state index contributed by atoms with van der Waals surface area (Å²) in [5.74, 6) is 0.0719. The fourth-order valence-corrected chi connectivity index (χ4v) is 4.44. The normalized spacial score (nSPS) is 14.7. The van der Waals surface area contributed by atoms with E-state index >= 15 is 0 Å². The van der Waals surface area contributed by atoms with Gasteiger partial charge in [0, 0.05) is 56.1 Å². The van der Waals surface area contributed by atoms with Gasteiger partial charge in [-0.25, -0.2) is 4.98 Å². The lowest BCUT2D eigenvalue weighted by molar-refractivity contribution is 0.0652. The molecule has 1 amide bonds. The summed E-state index contributed by atoms with van der Waals surface area (Å²) >= 11 is 0. The van der Waals surface area contributed by atoms with E-state index in [2.05, 4.69) is 34.2 Å². The Morgan fingerprint density at radius 2 is 1.79 bits per heavy atom. The van der Waals surface area contributed by atoms with Gasteiger partial charge in [0.1, 0.15) is 0 Å². The highest BCUT2D eigenvalue weighted by molar-refractivity contribution is 6.07. The molecule has 0 radical (unpaired) electrons. The molecule has 0 N–H and O–H groups in total. The zero-order valence-corrected chi connectivity index (χ0v) is 19.4. The van der Waals surface area contributed by atoms with Crippen LogP contribution < -0.4 is 0 Å². The van der Waals surface area contributed by atoms with Crippen molar-refractivity contribution in [3.8, 4) is 11.3 Å². The van der Waals surface area contributed by atoms with E-state index in [1.807, 2.05) is 66.4 Å². The first kappa shape index (κ1) is 22.0. The molecule has 5 heteroatoms. The fourth-order valence-electron chi connectivity index (χ4n) is 4.44. The molecule has 3 heterocycles. The van der Waals surface area contributed by atoms with Crippen LogP contribution in [0.3, 0.4) is 0 Å². The molecule has 5 nitrogen and oxygen atoms in total. The first-order chi connectivity index (χ1) is 16.7. The van der Waals surface area contributed by atoms with Crippen molar-refractivity contribution in [2.45, 2.75) is 6.92 Å². The van der Waals surface area contributed by atoms with Gasteiger partial charge in [-0.3, -0.25) is 14.7 Å². The van der Waals surface area contributed by atoms with Gasteiger partial charge in [-0.1, -0.05) is 60.7 Å². The minimum Gasteiger partial charge on any atom is -0.336 e. The summed E-state index contributed by atoms with van der Waals surface area (Å²) in [7, 11) is 0. The monoisotopic (exact) mass is 448 g/mol. The van der Waals surface area contributed by atoms with Gasteiger partial charge in [0.15, 0.2) is 0 Å². The second-order valence-electron chi connectivity index (χ2n) is 8.67. The maximum atomic E-state index is 13.7. The van der Waals surface area contributed by atoms with Gasteiger partial charge >= 0.3 is 0 Å². The van der Waals surface area contributed by atoms with Crippen molar-refractivity contribution < 1.29 is 4.79 Å². The Balaban J connectivity index is 1.34. The molecule has 0 aliphatic carbocycles. The van der Waals surface area contributed by atoms with Crippen LogP contribution in [0.4, 0.5) is 0 Å². The number of rotatable bonds is 5. The van der Waals surface area contributed by atoms with E-state index in [4.69, 9.17) is 4.98 Å². The number of nitrogens with zero attached hydrogens (tertiary/aromatic N) is 4. The van der Waals surface area contributed by atoms with Crippen molar-refractivity contribution in [3.63, 3.8) is 0 Å². The molecule has 4 aromatic rings. The minimum absolute atomic E-state index is 0.0719. The number of hydrogen-bond donors (Lipinski definition) is 0. The number of aromatic nitrogens is 2. The fraction of sp³-hybridized carbons (Fsp3) is 0.207. The molecule has 1 fully saturated rings. The Morgan fingerprint density at radius 3 is 2.56 bits per heavy atom. The molecule has 0 bridgehead atoms. The summed E-state index contributed by atoms with van der Waals surface area (Å²) in [5.41, 5.74) is 5.55. The van der Waals surface area contributed by atoms with E-state index in [-0.39, 0.29) is 5.91 Å². The summed E-state index contributed by atoms with van der Waals surface area (Å²) in [6.07, 6.45) is 7.90. The first-order valence-corrected chi connectivity index (χ1v) is 11.7. The predicted octanol–water partition coefficient (Wildman–Crippen LogP) is 5.08. The average Bonchev–Trinajstić information content (AvgIpc) is 2.90. The molecule has 1 saturated heterocycles. The highest BCUT2D eigenvalue weighted by atomic mass is 16.2. The Kier molecular flexibility index (Phi) is 6.45. The molecule has 0 unspecified atom stereocenters. The van der Waals surface area contributed by atoms with E-state index in [1.54, 1.807) is 12.4 Å². The van der Waals surface area contributed by atoms with Crippen LogP contribution in [0.25, 0.3) is 28.2 Å². The van der Waals surface area contributed by atoms with E-state index in [1.165, 1.54) is 5.56 Å². The lowest BCUT2D eigenvalue weighted by Gasteiger charge is -2.34. The highest BCUT2D eigenvalue weighted by Gasteiger charge is 2.24. The molecule has 0 spiro atoms. The predicted molar refractivity (Wildman–Crippen MR) is 138 cm³/mol. The standard InChI is InChI=1S/C29H28N4O/c1-22-8-5-13-25-26(20-27(31-28(22)25)24-12-6-14-30-21-24)29(34)33-18-16-32(17-19-33)15-7-11-23-9-3-2-4-10-23/h2-14,20-21H,15-19H2,1H3. The van der Waals surface area contributed by atoms with E-state index < -0.39 is 0 Å². The van der Waals surface area contributed by atoms with Gasteiger partial charge in [-0.2, -0.15) is 0 Å². The van der Waals surface area contributed by atoms with E-state index in [9.17, 15) is 4.79 Å². The van der Waals surface area contributed by atoms with Gasteiger partial charge in [0.05, 0.1) is 16.8 Å². The van der Waals surface area contributed by atoms with Gasteiger partial charge in [0.2, 0.25) is 0 Å². The summed E-state index contributed by atoms with van der Waals surface area (Å²) in [6.45, 7) is 6.09. The van der Waals surface area contributed by atoms with Crippen molar-refractivity contribution in [1.29, 1.82) is 0 Å². The lowest BCUT2D eigenvalue weighted by Crippen LogP contribution is -2.48. The van der Waals surface area contributed by atoms with Crippen LogP contribution >= 0.6 is 0 Å². The number of hydrogen-bond acceptors (Lipinski definition) is 4. The topological polar surface area (TPSA) is 49.3 Å². The molecular formula is C29H28N4O. The van der Waals surface area contributed by atoms with Crippen LogP contribution in [0, 0.1) is 6.92 Å². The largest absolute Gasteiger partial charge is 0.336 e. The molecule has 1 aliphatic heterocycles. The van der Waals surface area contributed by atoms with E-state index in [0.717, 1.165) is 60.4 Å². The van der Waals surface area contributed by atoms with Crippen LogP contribution in [0.1, 0.15) is 21.5 Å². The number of carbonyl (C=O) groups excluding carboxylic acids is 1. The third kappa shape index (κ3) is 4.75. The van der Waals surface area contributed by atoms with Crippen LogP contribution in [0.15, 0.2) is 85.2 Å². The van der Waals surface area contributed by atoms with E-state index in [0.29, 0.717) is 5.56 Å². The highest BCUT2D eigenvalue weighted by Crippen LogP contribution is 2.27. The Morgan fingerprint density at radius 1 is 0.971 bits per heavy atom. The zero-order valence-electron chi connectivity index (χ0n) is 19.4. The number of amides is 1. The van der Waals surface area contributed by atoms with Crippen LogP contribution in [0.2, 0.25) is 0 Å². The maximum absolute atomic E-state index is 13.7. The number of carbonyl (C=O) groups is 1. The molecule has 0 saturated carbocycles. The SMILES string of the molecule is Cc1cccc2c(C(=O)N3CCN(CC=Cc4ccccc4)CC3)cc(-c3cccnc3)nc12. The number of fused-ring (bicyclic) bond motifs is 1. The van der Waals surface area contributed by atoms with Crippen molar-refractivity contribution in [2.24, 2.45) is 0 Å². The van der Waals surface area contributed by atoms with Crippen LogP contribution in [-0.4, -0.2) is 58.4 Å². The Bertz CT molecular complexity index is 1310. The summed E-state index contributed by atoms with van der Waals surface area (Å²) in [6, 6.07) is 22.2. The van der Waals surface area contributed by atoms with Crippen molar-refractivity contribution in [3.05, 3.63) is 102 Å². The smallest absolute Gasteiger partial charge is 0.254 e. The zero-order chi connectivity index (χ0) is 23.3. The molecule has 1 aliphatic rings. The van der Waals surface area contributed by atoms with Gasteiger partial charge in [-0.05, 0) is 36.2 Å². The average molecular weight is 449 g/mol. The maximum Gasteiger partial charge on any atom is 0.254 e. The number of para-hydroxylation sites is 1. The third-order valence-electron chi connectivity index (χ3n) is 6.36. The van der Waals surface area contributed by atoms with Crippen LogP contribution in [-0.2, 0) is 0 Å². The number of benzene rings is 2. The van der Waals surface area contributed by atoms with Gasteiger partial charge in [0.25, 0.3) is 5.91 Å². The third-order valence-corrected chi connectivity index (χ3v) is 6.36. The van der Waals surface area contributed by atoms with Crippen molar-refractivity contribution in [2.75, 3.05) is 32.7 Å². The molecule has 170 valence electrons. The van der Waals surface area contributed by atoms with Gasteiger partial charge < -0.3 is 4.90 Å². The molecular weight excluding hydrogens is 420 g/mol. The van der Waals surface area contributed by atoms with Crippen LogP contribution in [0.5, 0.6) is 0 Å². The summed E-state index contributed by atoms with van der Waals surface area (Å²) in [5, 5.41) is 0.908. The number of piperazine rings is 1. The number of aryl methyl sites for hydroxylation is 1. The summed E-state index contributed by atoms with van der Waals surface area (Å²) < 4.78 is 0. The van der Waals surface area contributed by atoms with Crippen molar-refractivity contribution >= 4 is 22.9 Å². The molecule has 2 aromatic carbocycles. The Hall–Kier alpha value is -3.83. The molecule has 0 atom stereocenters. The van der Waals surface area contributed by atoms with Gasteiger partial charge in [-0.15, -0.1) is 0 Å². The molecule has 5 rings (SSSR count). The second-order valence-corrected chi connectivity index (χ2v) is 8.67. The minimum atomic E-state index is 0.0719. The van der Waals surface area contributed by atoms with Crippen molar-refractivity contribution in [1.82, 2.24) is 19.8 Å². The number of pyridine rings is 2. The molecule has 34 heavy (non-hydrogen) atoms. The second kappa shape index (κ2) is 9.98. The lowest BCUT2D eigenvalue weighted by atomic mass is 10.0. The summed E-state index contributed by atoms with van der Waals surface area (Å²) in [4.78, 5) is 27.1.